The van der Waals surface area contributed by atoms with E-state index in [-0.39, 0.29) is 10.6 Å². The zero-order valence-corrected chi connectivity index (χ0v) is 17.1. The summed E-state index contributed by atoms with van der Waals surface area (Å²) >= 11 is 11.7. The predicted molar refractivity (Wildman–Crippen MR) is 114 cm³/mol. The van der Waals surface area contributed by atoms with E-state index in [1.54, 1.807) is 30.3 Å². The van der Waals surface area contributed by atoms with Gasteiger partial charge in [-0.15, -0.1) is 0 Å². The molecule has 146 valence electrons. The highest BCUT2D eigenvalue weighted by Crippen LogP contribution is 2.26. The van der Waals surface area contributed by atoms with Crippen LogP contribution in [-0.2, 0) is 4.79 Å². The summed E-state index contributed by atoms with van der Waals surface area (Å²) in [7, 11) is 0. The number of anilines is 1. The molecule has 2 aromatic carbocycles. The summed E-state index contributed by atoms with van der Waals surface area (Å²) in [5.41, 5.74) is 3.52. The van der Waals surface area contributed by atoms with E-state index in [2.05, 4.69) is 5.32 Å². The molecule has 3 aromatic rings. The van der Waals surface area contributed by atoms with Crippen LogP contribution in [0.25, 0.3) is 11.8 Å². The number of benzene rings is 2. The topological polar surface area (TPSA) is 57.8 Å². The summed E-state index contributed by atoms with van der Waals surface area (Å²) in [5.74, 6) is -1.02. The summed E-state index contributed by atoms with van der Waals surface area (Å²) in [6.45, 7) is 3.73. The first-order valence-electron chi connectivity index (χ1n) is 8.63. The Morgan fingerprint density at radius 1 is 1.14 bits per heavy atom. The van der Waals surface area contributed by atoms with Crippen molar-refractivity contribution in [2.24, 2.45) is 0 Å². The number of hydrogen-bond donors (Lipinski definition) is 1. The normalized spacial score (nSPS) is 11.2. The lowest BCUT2D eigenvalue weighted by Gasteiger charge is -2.10. The number of hydrogen-bond acceptors (Lipinski definition) is 2. The van der Waals surface area contributed by atoms with Crippen LogP contribution in [0.5, 0.6) is 0 Å². The second-order valence-electron chi connectivity index (χ2n) is 6.39. The standard InChI is InChI=1S/C22H16Cl2FN3O/c1-13-9-15(14(2)28(13)19-7-8-21(25)20(24)11-19)10-16(12-26)22(29)27-18-5-3-17(23)4-6-18/h3-11H,1-2H3,(H,27,29)/b16-10-. The largest absolute Gasteiger partial charge is 0.321 e. The lowest BCUT2D eigenvalue weighted by atomic mass is 10.1. The second kappa shape index (κ2) is 8.52. The van der Waals surface area contributed by atoms with Crippen LogP contribution in [0.1, 0.15) is 17.0 Å². The van der Waals surface area contributed by atoms with Crippen LogP contribution in [-0.4, -0.2) is 10.5 Å². The zero-order chi connectivity index (χ0) is 21.1. The highest BCUT2D eigenvalue weighted by molar-refractivity contribution is 6.31. The number of nitriles is 1. The van der Waals surface area contributed by atoms with E-state index < -0.39 is 11.7 Å². The molecule has 1 aromatic heterocycles. The minimum Gasteiger partial charge on any atom is -0.321 e. The molecule has 1 amide bonds. The van der Waals surface area contributed by atoms with Crippen molar-refractivity contribution in [1.29, 1.82) is 5.26 Å². The summed E-state index contributed by atoms with van der Waals surface area (Å²) in [6.07, 6.45) is 1.52. The van der Waals surface area contributed by atoms with Crippen LogP contribution in [0.15, 0.2) is 54.1 Å². The fourth-order valence-corrected chi connectivity index (χ4v) is 3.29. The van der Waals surface area contributed by atoms with E-state index in [1.807, 2.05) is 30.6 Å². The molecular weight excluding hydrogens is 412 g/mol. The number of carbonyl (C=O) groups excluding carboxylic acids is 1. The van der Waals surface area contributed by atoms with E-state index in [0.717, 1.165) is 11.4 Å². The van der Waals surface area contributed by atoms with Gasteiger partial charge in [-0.3, -0.25) is 4.79 Å². The molecule has 0 atom stereocenters. The fourth-order valence-electron chi connectivity index (χ4n) is 2.99. The van der Waals surface area contributed by atoms with Gasteiger partial charge >= 0.3 is 0 Å². The van der Waals surface area contributed by atoms with E-state index in [0.29, 0.717) is 22.0 Å². The molecule has 0 unspecified atom stereocenters. The smallest absolute Gasteiger partial charge is 0.266 e. The predicted octanol–water partition coefficient (Wildman–Crippen LogP) is 6.09. The van der Waals surface area contributed by atoms with Gasteiger partial charge in [-0.2, -0.15) is 5.26 Å². The summed E-state index contributed by atoms with van der Waals surface area (Å²) in [6, 6.07) is 14.8. The zero-order valence-electron chi connectivity index (χ0n) is 15.6. The Labute approximate surface area is 177 Å². The minimum atomic E-state index is -0.524. The molecule has 7 heteroatoms. The second-order valence-corrected chi connectivity index (χ2v) is 7.23. The SMILES string of the molecule is Cc1cc(/C=C(/C#N)C(=O)Nc2ccc(Cl)cc2)c(C)n1-c1ccc(F)c(Cl)c1. The van der Waals surface area contributed by atoms with Gasteiger partial charge in [-0.05, 0) is 74.0 Å². The number of halogens is 3. The first kappa shape index (κ1) is 20.7. The number of aromatic nitrogens is 1. The molecule has 0 aliphatic carbocycles. The number of nitrogens with zero attached hydrogens (tertiary/aromatic N) is 2. The summed E-state index contributed by atoms with van der Waals surface area (Å²) in [4.78, 5) is 12.5. The molecule has 29 heavy (non-hydrogen) atoms. The highest BCUT2D eigenvalue weighted by Gasteiger charge is 2.15. The molecule has 0 radical (unpaired) electrons. The molecule has 0 saturated carbocycles. The van der Waals surface area contributed by atoms with Gasteiger partial charge in [-0.25, -0.2) is 4.39 Å². The van der Waals surface area contributed by atoms with E-state index in [1.165, 1.54) is 18.2 Å². The molecule has 0 bridgehead atoms. The molecular formula is C22H16Cl2FN3O. The highest BCUT2D eigenvalue weighted by atomic mass is 35.5. The number of amides is 1. The van der Waals surface area contributed by atoms with Gasteiger partial charge in [0.1, 0.15) is 17.5 Å². The average molecular weight is 428 g/mol. The van der Waals surface area contributed by atoms with Crippen molar-refractivity contribution in [2.45, 2.75) is 13.8 Å². The molecule has 0 spiro atoms. The number of nitrogens with one attached hydrogen (secondary N) is 1. The van der Waals surface area contributed by atoms with Gasteiger partial charge in [0.2, 0.25) is 0 Å². The molecule has 0 aliphatic rings. The van der Waals surface area contributed by atoms with Gasteiger partial charge in [0, 0.05) is 27.8 Å². The molecule has 1 N–H and O–H groups in total. The maximum atomic E-state index is 13.5. The van der Waals surface area contributed by atoms with Gasteiger partial charge < -0.3 is 9.88 Å². The van der Waals surface area contributed by atoms with Crippen molar-refractivity contribution in [1.82, 2.24) is 4.57 Å². The first-order valence-corrected chi connectivity index (χ1v) is 9.39. The van der Waals surface area contributed by atoms with Crippen LogP contribution in [0.4, 0.5) is 10.1 Å². The van der Waals surface area contributed by atoms with Crippen molar-refractivity contribution in [3.05, 3.63) is 86.9 Å². The van der Waals surface area contributed by atoms with Crippen molar-refractivity contribution >= 4 is 40.9 Å². The van der Waals surface area contributed by atoms with Gasteiger partial charge in [0.05, 0.1) is 5.02 Å². The van der Waals surface area contributed by atoms with Crippen molar-refractivity contribution in [2.75, 3.05) is 5.32 Å². The lowest BCUT2D eigenvalue weighted by Crippen LogP contribution is -2.13. The minimum absolute atomic E-state index is 0.0205. The van der Waals surface area contributed by atoms with Crippen molar-refractivity contribution in [3.8, 4) is 11.8 Å². The van der Waals surface area contributed by atoms with Crippen LogP contribution in [0, 0.1) is 31.0 Å². The number of carbonyl (C=O) groups is 1. The Balaban J connectivity index is 1.94. The van der Waals surface area contributed by atoms with Crippen molar-refractivity contribution < 1.29 is 9.18 Å². The summed E-state index contributed by atoms with van der Waals surface area (Å²) < 4.78 is 15.4. The Bertz CT molecular complexity index is 1160. The van der Waals surface area contributed by atoms with Gasteiger partial charge in [-0.1, -0.05) is 23.2 Å². The molecule has 0 fully saturated rings. The van der Waals surface area contributed by atoms with Crippen LogP contribution < -0.4 is 5.32 Å². The molecule has 3 rings (SSSR count). The molecule has 0 saturated heterocycles. The third-order valence-electron chi connectivity index (χ3n) is 4.40. The maximum Gasteiger partial charge on any atom is 0.266 e. The van der Waals surface area contributed by atoms with Crippen LogP contribution >= 0.6 is 23.2 Å². The van der Waals surface area contributed by atoms with Gasteiger partial charge in [0.25, 0.3) is 5.91 Å². The van der Waals surface area contributed by atoms with E-state index in [4.69, 9.17) is 23.2 Å². The Kier molecular flexibility index (Phi) is 6.07. The number of rotatable bonds is 4. The monoisotopic (exact) mass is 427 g/mol. The molecule has 0 aliphatic heterocycles. The lowest BCUT2D eigenvalue weighted by molar-refractivity contribution is -0.112. The van der Waals surface area contributed by atoms with Crippen LogP contribution in [0.2, 0.25) is 10.0 Å². The van der Waals surface area contributed by atoms with Gasteiger partial charge in [0.15, 0.2) is 0 Å². The Hall–Kier alpha value is -3.07. The fraction of sp³-hybridized carbons (Fsp3) is 0.0909. The van der Waals surface area contributed by atoms with E-state index in [9.17, 15) is 14.4 Å². The van der Waals surface area contributed by atoms with E-state index >= 15 is 0 Å². The van der Waals surface area contributed by atoms with Crippen LogP contribution in [0.3, 0.4) is 0 Å². The first-order chi connectivity index (χ1) is 13.8. The Morgan fingerprint density at radius 2 is 1.83 bits per heavy atom. The molecule has 4 nitrogen and oxygen atoms in total. The third-order valence-corrected chi connectivity index (χ3v) is 4.94. The third kappa shape index (κ3) is 4.51. The number of aryl methyl sites for hydroxylation is 1. The summed E-state index contributed by atoms with van der Waals surface area (Å²) in [5, 5.41) is 12.7. The molecule has 1 heterocycles. The quantitative estimate of drug-likeness (QED) is 0.404. The average Bonchev–Trinajstić information content (AvgIpc) is 2.97. The Morgan fingerprint density at radius 3 is 2.45 bits per heavy atom. The van der Waals surface area contributed by atoms with Crippen molar-refractivity contribution in [3.63, 3.8) is 0 Å². The maximum absolute atomic E-state index is 13.5.